The maximum absolute atomic E-state index is 10.9. The molecule has 0 aliphatic carbocycles. The Labute approximate surface area is 99.0 Å². The van der Waals surface area contributed by atoms with Crippen molar-refractivity contribution in [3.05, 3.63) is 48.4 Å². The predicted molar refractivity (Wildman–Crippen MR) is 63.5 cm³/mol. The summed E-state index contributed by atoms with van der Waals surface area (Å²) < 4.78 is 0. The third kappa shape index (κ3) is 2.47. The van der Waals surface area contributed by atoms with Gasteiger partial charge in [0, 0.05) is 11.8 Å². The molecular weight excluding hydrogens is 216 g/mol. The number of hydrogen-bond donors (Lipinski definition) is 1. The number of hydrogen-bond acceptors (Lipinski definition) is 3. The molecule has 0 aliphatic rings. The van der Waals surface area contributed by atoms with Gasteiger partial charge in [0.05, 0.1) is 23.5 Å². The zero-order valence-electron chi connectivity index (χ0n) is 9.37. The van der Waals surface area contributed by atoms with Crippen LogP contribution in [0.4, 0.5) is 0 Å². The van der Waals surface area contributed by atoms with Crippen molar-refractivity contribution in [1.82, 2.24) is 9.97 Å². The molecule has 0 radical (unpaired) electrons. The average Bonchev–Trinajstić information content (AvgIpc) is 2.39. The molecular formula is C13H12N2O2. The average molecular weight is 228 g/mol. The minimum absolute atomic E-state index is 0.471. The fraction of sp³-hybridized carbons (Fsp3) is 0.154. The smallest absolute Gasteiger partial charge is 0.312 e. The van der Waals surface area contributed by atoms with Gasteiger partial charge in [-0.1, -0.05) is 30.3 Å². The van der Waals surface area contributed by atoms with E-state index in [1.165, 1.54) is 6.20 Å². The second-order valence-electron chi connectivity index (χ2n) is 3.76. The highest BCUT2D eigenvalue weighted by atomic mass is 16.4. The Kier molecular flexibility index (Phi) is 3.14. The summed E-state index contributed by atoms with van der Waals surface area (Å²) in [5, 5.41) is 8.93. The van der Waals surface area contributed by atoms with Crippen molar-refractivity contribution in [2.24, 2.45) is 0 Å². The van der Waals surface area contributed by atoms with Gasteiger partial charge in [-0.05, 0) is 6.92 Å². The van der Waals surface area contributed by atoms with E-state index in [1.807, 2.05) is 30.3 Å². The van der Waals surface area contributed by atoms with Crippen LogP contribution in [0.15, 0.2) is 42.7 Å². The SMILES string of the molecule is CC(C(=O)O)c1cncc(-c2ccccc2)n1. The molecule has 1 heterocycles. The predicted octanol–water partition coefficient (Wildman–Crippen LogP) is 2.33. The Bertz CT molecular complexity index is 526. The van der Waals surface area contributed by atoms with Crippen LogP contribution in [0.1, 0.15) is 18.5 Å². The van der Waals surface area contributed by atoms with Gasteiger partial charge in [0.25, 0.3) is 0 Å². The lowest BCUT2D eigenvalue weighted by Gasteiger charge is -2.07. The molecule has 2 aromatic rings. The largest absolute Gasteiger partial charge is 0.481 e. The van der Waals surface area contributed by atoms with Gasteiger partial charge in [0.2, 0.25) is 0 Å². The van der Waals surface area contributed by atoms with Gasteiger partial charge in [-0.25, -0.2) is 4.98 Å². The summed E-state index contributed by atoms with van der Waals surface area (Å²) >= 11 is 0. The first-order chi connectivity index (χ1) is 8.18. The molecule has 4 nitrogen and oxygen atoms in total. The van der Waals surface area contributed by atoms with Crippen LogP contribution in [-0.2, 0) is 4.79 Å². The lowest BCUT2D eigenvalue weighted by Crippen LogP contribution is -2.10. The first kappa shape index (κ1) is 11.3. The molecule has 4 heteroatoms. The maximum atomic E-state index is 10.9. The van der Waals surface area contributed by atoms with E-state index in [-0.39, 0.29) is 0 Å². The molecule has 0 saturated carbocycles. The van der Waals surface area contributed by atoms with Crippen LogP contribution < -0.4 is 0 Å². The normalized spacial score (nSPS) is 12.1. The van der Waals surface area contributed by atoms with E-state index < -0.39 is 11.9 Å². The molecule has 86 valence electrons. The standard InChI is InChI=1S/C13H12N2O2/c1-9(13(16)17)11-7-14-8-12(15-11)10-5-3-2-4-6-10/h2-9H,1H3,(H,16,17). The van der Waals surface area contributed by atoms with E-state index in [2.05, 4.69) is 9.97 Å². The van der Waals surface area contributed by atoms with Crippen molar-refractivity contribution in [2.75, 3.05) is 0 Å². The molecule has 1 aromatic carbocycles. The zero-order valence-corrected chi connectivity index (χ0v) is 9.37. The minimum Gasteiger partial charge on any atom is -0.481 e. The van der Waals surface area contributed by atoms with Gasteiger partial charge in [-0.15, -0.1) is 0 Å². The number of aromatic nitrogens is 2. The van der Waals surface area contributed by atoms with E-state index in [4.69, 9.17) is 5.11 Å². The van der Waals surface area contributed by atoms with E-state index >= 15 is 0 Å². The number of carboxylic acids is 1. The van der Waals surface area contributed by atoms with Crippen LogP contribution in [0, 0.1) is 0 Å². The van der Waals surface area contributed by atoms with E-state index in [0.717, 1.165) is 5.56 Å². The van der Waals surface area contributed by atoms with Crippen molar-refractivity contribution in [1.29, 1.82) is 0 Å². The second-order valence-corrected chi connectivity index (χ2v) is 3.76. The van der Waals surface area contributed by atoms with Gasteiger partial charge in [0.15, 0.2) is 0 Å². The first-order valence-corrected chi connectivity index (χ1v) is 5.28. The van der Waals surface area contributed by atoms with Gasteiger partial charge in [-0.2, -0.15) is 0 Å². The molecule has 0 spiro atoms. The molecule has 17 heavy (non-hydrogen) atoms. The van der Waals surface area contributed by atoms with Crippen LogP contribution >= 0.6 is 0 Å². The highest BCUT2D eigenvalue weighted by Gasteiger charge is 2.16. The van der Waals surface area contributed by atoms with Crippen LogP contribution in [-0.4, -0.2) is 21.0 Å². The van der Waals surface area contributed by atoms with Crippen LogP contribution in [0.25, 0.3) is 11.3 Å². The second kappa shape index (κ2) is 4.74. The topological polar surface area (TPSA) is 63.1 Å². The molecule has 1 N–H and O–H groups in total. The van der Waals surface area contributed by atoms with Crippen molar-refractivity contribution in [2.45, 2.75) is 12.8 Å². The Morgan fingerprint density at radius 3 is 2.59 bits per heavy atom. The van der Waals surface area contributed by atoms with E-state index in [9.17, 15) is 4.79 Å². The van der Waals surface area contributed by atoms with Crippen molar-refractivity contribution in [3.8, 4) is 11.3 Å². The van der Waals surface area contributed by atoms with Gasteiger partial charge >= 0.3 is 5.97 Å². The van der Waals surface area contributed by atoms with Gasteiger partial charge in [0.1, 0.15) is 0 Å². The van der Waals surface area contributed by atoms with Crippen LogP contribution in [0.2, 0.25) is 0 Å². The summed E-state index contributed by atoms with van der Waals surface area (Å²) in [6.45, 7) is 1.60. The number of carboxylic acid groups (broad SMARTS) is 1. The number of rotatable bonds is 3. The first-order valence-electron chi connectivity index (χ1n) is 5.28. The highest BCUT2D eigenvalue weighted by Crippen LogP contribution is 2.18. The third-order valence-corrected chi connectivity index (χ3v) is 2.54. The van der Waals surface area contributed by atoms with Gasteiger partial charge in [-0.3, -0.25) is 9.78 Å². The van der Waals surface area contributed by atoms with E-state index in [1.54, 1.807) is 13.1 Å². The highest BCUT2D eigenvalue weighted by molar-refractivity contribution is 5.75. The number of benzene rings is 1. The monoisotopic (exact) mass is 228 g/mol. The van der Waals surface area contributed by atoms with Crippen LogP contribution in [0.5, 0.6) is 0 Å². The molecule has 2 rings (SSSR count). The lowest BCUT2D eigenvalue weighted by atomic mass is 10.1. The van der Waals surface area contributed by atoms with E-state index in [0.29, 0.717) is 11.4 Å². The molecule has 0 bridgehead atoms. The summed E-state index contributed by atoms with van der Waals surface area (Å²) in [5.74, 6) is -1.55. The molecule has 0 amide bonds. The molecule has 0 aliphatic heterocycles. The summed E-state index contributed by atoms with van der Waals surface area (Å²) in [7, 11) is 0. The molecule has 0 fully saturated rings. The summed E-state index contributed by atoms with van der Waals surface area (Å²) in [5.41, 5.74) is 2.09. The lowest BCUT2D eigenvalue weighted by molar-refractivity contribution is -0.138. The van der Waals surface area contributed by atoms with Gasteiger partial charge < -0.3 is 5.11 Å². The quantitative estimate of drug-likeness (QED) is 0.875. The summed E-state index contributed by atoms with van der Waals surface area (Å²) in [6.07, 6.45) is 3.12. The van der Waals surface area contributed by atoms with Crippen molar-refractivity contribution < 1.29 is 9.90 Å². The molecule has 1 aromatic heterocycles. The third-order valence-electron chi connectivity index (χ3n) is 2.54. The van der Waals surface area contributed by atoms with Crippen molar-refractivity contribution >= 4 is 5.97 Å². The Morgan fingerprint density at radius 2 is 1.94 bits per heavy atom. The zero-order chi connectivity index (χ0) is 12.3. The molecule has 1 unspecified atom stereocenters. The summed E-state index contributed by atoms with van der Waals surface area (Å²) in [6, 6.07) is 9.56. The molecule has 0 saturated heterocycles. The van der Waals surface area contributed by atoms with Crippen LogP contribution in [0.3, 0.4) is 0 Å². The minimum atomic E-state index is -0.899. The van der Waals surface area contributed by atoms with Crippen molar-refractivity contribution in [3.63, 3.8) is 0 Å². The summed E-state index contributed by atoms with van der Waals surface area (Å²) in [4.78, 5) is 19.2. The maximum Gasteiger partial charge on any atom is 0.312 e. The molecule has 1 atom stereocenters. The fourth-order valence-electron chi connectivity index (χ4n) is 1.46. The Hall–Kier alpha value is -2.23. The number of carbonyl (C=O) groups is 1. The number of aliphatic carboxylic acids is 1. The Balaban J connectivity index is 2.39. The number of nitrogens with zero attached hydrogens (tertiary/aromatic N) is 2. The Morgan fingerprint density at radius 1 is 1.24 bits per heavy atom. The fourth-order valence-corrected chi connectivity index (χ4v) is 1.46.